The molecule has 11 heteroatoms. The zero-order valence-corrected chi connectivity index (χ0v) is 27.4. The van der Waals surface area contributed by atoms with E-state index in [9.17, 15) is 9.59 Å². The Morgan fingerprint density at radius 1 is 1.07 bits per heavy atom. The number of carbonyl (C=O) groups excluding carboxylic acids is 2. The summed E-state index contributed by atoms with van der Waals surface area (Å²) in [5.74, 6) is -0.410. The molecule has 1 aromatic heterocycles. The lowest BCUT2D eigenvalue weighted by Crippen LogP contribution is -2.52. The second-order valence-electron chi connectivity index (χ2n) is 10.8. The second kappa shape index (κ2) is 16.2. The number of carbonyl (C=O) groups is 2. The SMILES string of the molecule is CC[C@H](C)[C@@H](CN(Cc1cccc(Cl)c1Cl)C(=S)NC(=O)c1ccccc1)NC(=O)Cc1cncn1Cc1ccc(C#N)cc1. The van der Waals surface area contributed by atoms with E-state index in [2.05, 4.69) is 35.5 Å². The number of aromatic nitrogens is 2. The summed E-state index contributed by atoms with van der Waals surface area (Å²) in [5.41, 5.74) is 3.55. The molecule has 0 spiro atoms. The first-order chi connectivity index (χ1) is 21.7. The molecular formula is C34H34Cl2N6O2S. The molecule has 8 nitrogen and oxygen atoms in total. The highest BCUT2D eigenvalue weighted by atomic mass is 35.5. The monoisotopic (exact) mass is 660 g/mol. The number of hydrogen-bond donors (Lipinski definition) is 2. The number of imidazole rings is 1. The Morgan fingerprint density at radius 2 is 1.80 bits per heavy atom. The lowest BCUT2D eigenvalue weighted by molar-refractivity contribution is -0.121. The summed E-state index contributed by atoms with van der Waals surface area (Å²) in [5, 5.41) is 16.2. The number of rotatable bonds is 12. The van der Waals surface area contributed by atoms with Gasteiger partial charge in [-0.25, -0.2) is 4.98 Å². The smallest absolute Gasteiger partial charge is 0.257 e. The van der Waals surface area contributed by atoms with Crippen LogP contribution in [0.1, 0.15) is 53.0 Å². The second-order valence-corrected chi connectivity index (χ2v) is 11.9. The predicted octanol–water partition coefficient (Wildman–Crippen LogP) is 6.40. The van der Waals surface area contributed by atoms with E-state index in [-0.39, 0.29) is 41.9 Å². The van der Waals surface area contributed by atoms with Crippen LogP contribution in [0.2, 0.25) is 10.0 Å². The van der Waals surface area contributed by atoms with Crippen LogP contribution in [0, 0.1) is 17.2 Å². The predicted molar refractivity (Wildman–Crippen MR) is 181 cm³/mol. The number of hydrogen-bond acceptors (Lipinski definition) is 5. The molecule has 0 fully saturated rings. The van der Waals surface area contributed by atoms with Crippen molar-refractivity contribution in [2.24, 2.45) is 5.92 Å². The van der Waals surface area contributed by atoms with Crippen LogP contribution in [0.25, 0.3) is 0 Å². The molecule has 0 aliphatic rings. The molecule has 0 saturated heterocycles. The van der Waals surface area contributed by atoms with Gasteiger partial charge in [-0.2, -0.15) is 5.26 Å². The summed E-state index contributed by atoms with van der Waals surface area (Å²) in [6.07, 6.45) is 4.30. The van der Waals surface area contributed by atoms with Gasteiger partial charge in [0.05, 0.1) is 34.4 Å². The highest BCUT2D eigenvalue weighted by Crippen LogP contribution is 2.27. The van der Waals surface area contributed by atoms with Crippen molar-refractivity contribution < 1.29 is 9.59 Å². The number of halogens is 2. The van der Waals surface area contributed by atoms with Gasteiger partial charge in [-0.1, -0.05) is 85.9 Å². The molecule has 2 N–H and O–H groups in total. The topological polar surface area (TPSA) is 103 Å². The van der Waals surface area contributed by atoms with Crippen LogP contribution in [0.4, 0.5) is 0 Å². The maximum Gasteiger partial charge on any atom is 0.257 e. The van der Waals surface area contributed by atoms with Crippen molar-refractivity contribution in [2.75, 3.05) is 6.54 Å². The summed E-state index contributed by atoms with van der Waals surface area (Å²) in [4.78, 5) is 32.5. The maximum atomic E-state index is 13.5. The number of benzene rings is 3. The van der Waals surface area contributed by atoms with Crippen molar-refractivity contribution in [1.29, 1.82) is 5.26 Å². The zero-order chi connectivity index (χ0) is 32.3. The lowest BCUT2D eigenvalue weighted by Gasteiger charge is -2.33. The first-order valence-electron chi connectivity index (χ1n) is 14.5. The van der Waals surface area contributed by atoms with Crippen LogP contribution in [-0.2, 0) is 24.3 Å². The summed E-state index contributed by atoms with van der Waals surface area (Å²) in [7, 11) is 0. The fourth-order valence-corrected chi connectivity index (χ4v) is 5.38. The number of nitrogens with zero attached hydrogens (tertiary/aromatic N) is 4. The molecular weight excluding hydrogens is 627 g/mol. The Labute approximate surface area is 279 Å². The summed E-state index contributed by atoms with van der Waals surface area (Å²) < 4.78 is 1.92. The van der Waals surface area contributed by atoms with Crippen LogP contribution in [0.5, 0.6) is 0 Å². The van der Waals surface area contributed by atoms with Gasteiger partial charge in [-0.05, 0) is 59.6 Å². The highest BCUT2D eigenvalue weighted by Gasteiger charge is 2.25. The molecule has 0 unspecified atom stereocenters. The van der Waals surface area contributed by atoms with Crippen molar-refractivity contribution in [2.45, 2.75) is 45.8 Å². The minimum atomic E-state index is -0.331. The van der Waals surface area contributed by atoms with Gasteiger partial charge < -0.3 is 14.8 Å². The first-order valence-corrected chi connectivity index (χ1v) is 15.7. The van der Waals surface area contributed by atoms with Crippen molar-refractivity contribution in [3.05, 3.63) is 123 Å². The molecule has 2 amide bonds. The quantitative estimate of drug-likeness (QED) is 0.171. The molecule has 1 heterocycles. The zero-order valence-electron chi connectivity index (χ0n) is 25.0. The normalized spacial score (nSPS) is 12.1. The average molecular weight is 662 g/mol. The van der Waals surface area contributed by atoms with Gasteiger partial charge in [0.15, 0.2) is 5.11 Å². The van der Waals surface area contributed by atoms with E-state index in [1.807, 2.05) is 39.8 Å². The summed E-state index contributed by atoms with van der Waals surface area (Å²) in [6, 6.07) is 23.3. The molecule has 2 atom stereocenters. The van der Waals surface area contributed by atoms with Crippen LogP contribution in [0.3, 0.4) is 0 Å². The van der Waals surface area contributed by atoms with E-state index >= 15 is 0 Å². The molecule has 45 heavy (non-hydrogen) atoms. The molecule has 4 rings (SSSR count). The van der Waals surface area contributed by atoms with Crippen LogP contribution in [-0.4, -0.2) is 44.0 Å². The third-order valence-electron chi connectivity index (χ3n) is 7.61. The van der Waals surface area contributed by atoms with Crippen LogP contribution < -0.4 is 10.6 Å². The molecule has 0 radical (unpaired) electrons. The van der Waals surface area contributed by atoms with Gasteiger partial charge in [0, 0.05) is 43.1 Å². The van der Waals surface area contributed by atoms with E-state index in [4.69, 9.17) is 40.7 Å². The Hall–Kier alpha value is -4.23. The Morgan fingerprint density at radius 3 is 2.49 bits per heavy atom. The first kappa shape index (κ1) is 33.7. The number of nitrogens with one attached hydrogen (secondary N) is 2. The third-order valence-corrected chi connectivity index (χ3v) is 8.83. The van der Waals surface area contributed by atoms with Crippen molar-refractivity contribution >= 4 is 52.3 Å². The fraction of sp³-hybridized carbons (Fsp3) is 0.265. The van der Waals surface area contributed by atoms with Gasteiger partial charge in [0.1, 0.15) is 0 Å². The number of amides is 2. The van der Waals surface area contributed by atoms with Crippen molar-refractivity contribution in [3.63, 3.8) is 0 Å². The molecule has 232 valence electrons. The Kier molecular flexibility index (Phi) is 12.1. The third kappa shape index (κ3) is 9.38. The van der Waals surface area contributed by atoms with E-state index in [0.717, 1.165) is 23.2 Å². The molecule has 0 aliphatic carbocycles. The van der Waals surface area contributed by atoms with E-state index in [0.29, 0.717) is 34.3 Å². The Bertz CT molecular complexity index is 1670. The number of thiocarbonyl (C=S) groups is 1. The van der Waals surface area contributed by atoms with Crippen molar-refractivity contribution in [1.82, 2.24) is 25.1 Å². The minimum Gasteiger partial charge on any atom is -0.351 e. The minimum absolute atomic E-state index is 0.0856. The summed E-state index contributed by atoms with van der Waals surface area (Å²) >= 11 is 18.6. The molecule has 0 bridgehead atoms. The van der Waals surface area contributed by atoms with E-state index in [1.54, 1.807) is 55.0 Å². The Balaban J connectivity index is 1.51. The van der Waals surface area contributed by atoms with Crippen molar-refractivity contribution in [3.8, 4) is 6.07 Å². The van der Waals surface area contributed by atoms with Gasteiger partial charge in [-0.3, -0.25) is 14.9 Å². The van der Waals surface area contributed by atoms with E-state index < -0.39 is 0 Å². The highest BCUT2D eigenvalue weighted by molar-refractivity contribution is 7.80. The largest absolute Gasteiger partial charge is 0.351 e. The van der Waals surface area contributed by atoms with Gasteiger partial charge in [-0.15, -0.1) is 0 Å². The summed E-state index contributed by atoms with van der Waals surface area (Å²) in [6.45, 7) is 5.24. The molecule has 4 aromatic rings. The van der Waals surface area contributed by atoms with Crippen LogP contribution >= 0.6 is 35.4 Å². The van der Waals surface area contributed by atoms with Gasteiger partial charge in [0.25, 0.3) is 5.91 Å². The van der Waals surface area contributed by atoms with Crippen LogP contribution in [0.15, 0.2) is 85.3 Å². The van der Waals surface area contributed by atoms with Gasteiger partial charge in [0.2, 0.25) is 5.91 Å². The molecule has 0 saturated carbocycles. The van der Waals surface area contributed by atoms with E-state index in [1.165, 1.54) is 0 Å². The average Bonchev–Trinajstić information content (AvgIpc) is 3.48. The lowest BCUT2D eigenvalue weighted by atomic mass is 9.98. The number of nitriles is 1. The molecule has 0 aliphatic heterocycles. The standard InChI is InChI=1S/C34H34Cl2N6O2S/c1-3-23(2)30(39-31(43)16-28-18-38-22-42(28)19-25-14-12-24(17-37)13-15-25)21-41(20-27-10-7-11-29(35)32(27)36)34(45)40-33(44)26-8-5-4-6-9-26/h4-15,18,22-23,30H,3,16,19-21H2,1-2H3,(H,39,43)(H,40,44,45)/t23-,30+/m0/s1. The maximum absolute atomic E-state index is 13.5. The van der Waals surface area contributed by atoms with Gasteiger partial charge >= 0.3 is 0 Å². The fourth-order valence-electron chi connectivity index (χ4n) is 4.76. The molecule has 3 aromatic carbocycles.